The summed E-state index contributed by atoms with van der Waals surface area (Å²) in [6, 6.07) is 7.28. The van der Waals surface area contributed by atoms with Crippen LogP contribution in [-0.2, 0) is 19.9 Å². The number of nitrogens with zero attached hydrogens (tertiary/aromatic N) is 3. The van der Waals surface area contributed by atoms with Crippen LogP contribution in [0, 0.1) is 18.8 Å². The Morgan fingerprint density at radius 3 is 2.33 bits per heavy atom. The van der Waals surface area contributed by atoms with Crippen molar-refractivity contribution in [2.75, 3.05) is 29.9 Å². The summed E-state index contributed by atoms with van der Waals surface area (Å²) in [5.74, 6) is 0.716. The minimum Gasteiger partial charge on any atom is -0.307 e. The normalized spacial score (nSPS) is 25.7. The first kappa shape index (κ1) is 23.9. The van der Waals surface area contributed by atoms with Crippen LogP contribution in [0.25, 0.3) is 0 Å². The Hall–Kier alpha value is -2.24. The SMILES string of the molecule is Cc1cc(NC(=O)c2ccc(S(=O)(=O)N3CC(C)CC(C)C3)cc2)n(C2CCS(=O)(=O)C2)n1. The van der Waals surface area contributed by atoms with E-state index in [1.165, 1.54) is 28.6 Å². The maximum Gasteiger partial charge on any atom is 0.256 e. The van der Waals surface area contributed by atoms with E-state index < -0.39 is 25.8 Å². The monoisotopic (exact) mass is 494 g/mol. The van der Waals surface area contributed by atoms with Crippen molar-refractivity contribution in [2.24, 2.45) is 11.8 Å². The molecule has 180 valence electrons. The molecule has 2 aliphatic heterocycles. The van der Waals surface area contributed by atoms with Crippen LogP contribution in [0.1, 0.15) is 48.8 Å². The summed E-state index contributed by atoms with van der Waals surface area (Å²) in [6.07, 6.45) is 1.46. The lowest BCUT2D eigenvalue weighted by Gasteiger charge is -2.34. The van der Waals surface area contributed by atoms with Gasteiger partial charge in [-0.3, -0.25) is 4.79 Å². The highest BCUT2D eigenvalue weighted by Crippen LogP contribution is 2.28. The van der Waals surface area contributed by atoms with E-state index in [2.05, 4.69) is 24.3 Å². The molecule has 0 bridgehead atoms. The van der Waals surface area contributed by atoms with Gasteiger partial charge in [0.2, 0.25) is 10.0 Å². The molecule has 1 aromatic carbocycles. The Morgan fingerprint density at radius 1 is 1.12 bits per heavy atom. The highest BCUT2D eigenvalue weighted by molar-refractivity contribution is 7.91. The van der Waals surface area contributed by atoms with Gasteiger partial charge in [0.25, 0.3) is 5.91 Å². The quantitative estimate of drug-likeness (QED) is 0.682. The number of amides is 1. The van der Waals surface area contributed by atoms with Gasteiger partial charge in [-0.2, -0.15) is 9.40 Å². The molecule has 3 unspecified atom stereocenters. The summed E-state index contributed by atoms with van der Waals surface area (Å²) >= 11 is 0. The number of aryl methyl sites for hydroxylation is 1. The number of sulfonamides is 1. The van der Waals surface area contributed by atoms with Gasteiger partial charge in [-0.25, -0.2) is 21.5 Å². The zero-order valence-electron chi connectivity index (χ0n) is 19.1. The Balaban J connectivity index is 1.50. The molecule has 9 nitrogen and oxygen atoms in total. The summed E-state index contributed by atoms with van der Waals surface area (Å²) in [6.45, 7) is 6.87. The van der Waals surface area contributed by atoms with Gasteiger partial charge in [0.1, 0.15) is 5.82 Å². The number of piperidine rings is 1. The van der Waals surface area contributed by atoms with Crippen molar-refractivity contribution in [2.45, 2.75) is 44.6 Å². The fraction of sp³-hybridized carbons (Fsp3) is 0.545. The molecule has 0 radical (unpaired) electrons. The topological polar surface area (TPSA) is 118 Å². The third-order valence-electron chi connectivity index (χ3n) is 6.24. The highest BCUT2D eigenvalue weighted by atomic mass is 32.2. The minimum absolute atomic E-state index is 0.00270. The Kier molecular flexibility index (Phi) is 6.41. The van der Waals surface area contributed by atoms with Crippen molar-refractivity contribution in [3.05, 3.63) is 41.6 Å². The molecule has 0 spiro atoms. The van der Waals surface area contributed by atoms with Gasteiger partial charge < -0.3 is 5.32 Å². The standard InChI is InChI=1S/C22H30N4O5S2/c1-15-10-16(2)13-25(12-15)33(30,31)20-6-4-18(5-7-20)22(27)23-21-11-17(3)24-26(21)19-8-9-32(28,29)14-19/h4-7,11,15-16,19H,8-10,12-14H2,1-3H3,(H,23,27). The number of hydrogen-bond acceptors (Lipinski definition) is 6. The van der Waals surface area contributed by atoms with Crippen molar-refractivity contribution < 1.29 is 21.6 Å². The van der Waals surface area contributed by atoms with E-state index >= 15 is 0 Å². The van der Waals surface area contributed by atoms with Gasteiger partial charge in [-0.1, -0.05) is 13.8 Å². The van der Waals surface area contributed by atoms with Crippen LogP contribution < -0.4 is 5.32 Å². The average Bonchev–Trinajstić information content (AvgIpc) is 3.28. The molecule has 0 saturated carbocycles. The Labute approximate surface area is 195 Å². The predicted molar refractivity (Wildman–Crippen MR) is 125 cm³/mol. The molecule has 2 aliphatic rings. The maximum atomic E-state index is 13.1. The minimum atomic E-state index is -3.62. The molecular weight excluding hydrogens is 464 g/mol. The van der Waals surface area contributed by atoms with Crippen LogP contribution in [0.3, 0.4) is 0 Å². The third-order valence-corrected chi connectivity index (χ3v) is 9.84. The van der Waals surface area contributed by atoms with E-state index in [4.69, 9.17) is 0 Å². The van der Waals surface area contributed by atoms with Crippen molar-refractivity contribution in [1.29, 1.82) is 0 Å². The fourth-order valence-electron chi connectivity index (χ4n) is 4.77. The van der Waals surface area contributed by atoms with Crippen LogP contribution in [0.5, 0.6) is 0 Å². The van der Waals surface area contributed by atoms with E-state index in [9.17, 15) is 21.6 Å². The smallest absolute Gasteiger partial charge is 0.256 e. The highest BCUT2D eigenvalue weighted by Gasteiger charge is 2.33. The van der Waals surface area contributed by atoms with Crippen molar-refractivity contribution in [3.8, 4) is 0 Å². The zero-order chi connectivity index (χ0) is 24.0. The molecule has 2 fully saturated rings. The van der Waals surface area contributed by atoms with E-state index in [1.807, 2.05) is 0 Å². The van der Waals surface area contributed by atoms with E-state index in [-0.39, 0.29) is 22.4 Å². The van der Waals surface area contributed by atoms with Gasteiger partial charge in [-0.05, 0) is 55.9 Å². The molecule has 2 saturated heterocycles. The average molecular weight is 495 g/mol. The van der Waals surface area contributed by atoms with Crippen LogP contribution in [0.2, 0.25) is 0 Å². The second-order valence-corrected chi connectivity index (χ2v) is 13.6. The summed E-state index contributed by atoms with van der Waals surface area (Å²) in [5.41, 5.74) is 0.972. The number of rotatable bonds is 5. The van der Waals surface area contributed by atoms with Gasteiger partial charge in [0.05, 0.1) is 28.1 Å². The summed E-state index contributed by atoms with van der Waals surface area (Å²) in [4.78, 5) is 13.0. The van der Waals surface area contributed by atoms with Crippen LogP contribution in [-0.4, -0.2) is 61.4 Å². The van der Waals surface area contributed by atoms with Crippen LogP contribution >= 0.6 is 0 Å². The lowest BCUT2D eigenvalue weighted by atomic mass is 9.94. The first-order chi connectivity index (χ1) is 15.4. The van der Waals surface area contributed by atoms with Crippen molar-refractivity contribution in [3.63, 3.8) is 0 Å². The molecule has 3 heterocycles. The van der Waals surface area contributed by atoms with E-state index in [0.717, 1.165) is 6.42 Å². The number of sulfone groups is 1. The molecule has 2 aromatic rings. The van der Waals surface area contributed by atoms with Crippen molar-refractivity contribution >= 4 is 31.6 Å². The number of carbonyl (C=O) groups is 1. The lowest BCUT2D eigenvalue weighted by Crippen LogP contribution is -2.42. The van der Waals surface area contributed by atoms with Crippen LogP contribution in [0.4, 0.5) is 5.82 Å². The second kappa shape index (κ2) is 8.84. The Bertz CT molecular complexity index is 1240. The Morgan fingerprint density at radius 2 is 1.76 bits per heavy atom. The molecule has 0 aliphatic carbocycles. The van der Waals surface area contributed by atoms with Gasteiger partial charge >= 0.3 is 0 Å². The summed E-state index contributed by atoms with van der Waals surface area (Å²) in [5, 5.41) is 7.16. The van der Waals surface area contributed by atoms with E-state index in [0.29, 0.717) is 48.4 Å². The van der Waals surface area contributed by atoms with Gasteiger partial charge in [0, 0.05) is 24.7 Å². The largest absolute Gasteiger partial charge is 0.307 e. The fourth-order valence-corrected chi connectivity index (χ4v) is 8.15. The maximum absolute atomic E-state index is 13.1. The van der Waals surface area contributed by atoms with Gasteiger partial charge in [0.15, 0.2) is 9.84 Å². The molecule has 11 heteroatoms. The zero-order valence-corrected chi connectivity index (χ0v) is 20.7. The molecule has 33 heavy (non-hydrogen) atoms. The molecular formula is C22H30N4O5S2. The first-order valence-corrected chi connectivity index (χ1v) is 14.4. The first-order valence-electron chi connectivity index (χ1n) is 11.1. The van der Waals surface area contributed by atoms with E-state index in [1.54, 1.807) is 17.7 Å². The molecule has 4 rings (SSSR count). The van der Waals surface area contributed by atoms with Crippen LogP contribution in [0.15, 0.2) is 35.2 Å². The molecule has 1 aromatic heterocycles. The lowest BCUT2D eigenvalue weighted by molar-refractivity contribution is 0.102. The van der Waals surface area contributed by atoms with Crippen molar-refractivity contribution in [1.82, 2.24) is 14.1 Å². The second-order valence-electron chi connectivity index (χ2n) is 9.42. The predicted octanol–water partition coefficient (Wildman–Crippen LogP) is 2.47. The summed E-state index contributed by atoms with van der Waals surface area (Å²) < 4.78 is 52.9. The summed E-state index contributed by atoms with van der Waals surface area (Å²) in [7, 11) is -6.73. The number of carbonyl (C=O) groups excluding carboxylic acids is 1. The van der Waals surface area contributed by atoms with Gasteiger partial charge in [-0.15, -0.1) is 0 Å². The number of hydrogen-bond donors (Lipinski definition) is 1. The number of aromatic nitrogens is 2. The number of anilines is 1. The number of benzene rings is 1. The molecule has 1 amide bonds. The molecule has 3 atom stereocenters. The molecule has 1 N–H and O–H groups in total. The number of nitrogens with one attached hydrogen (secondary N) is 1. The third kappa shape index (κ3) is 5.15.